The van der Waals surface area contributed by atoms with E-state index < -0.39 is 0 Å². The standard InChI is InChI=1S/C22H20ClN5O2/c23-15-3-8-21(25-10-15)30-18-5-1-14(2-6-18)11-28-20-9-16(26-17-12-29-13-17)4-7-19(20)27-22(28)24/h1-10,17,26H,11-13H2,(H2,24,27). The fraction of sp³-hybridized carbons (Fsp3) is 0.182. The number of halogens is 1. The number of anilines is 2. The van der Waals surface area contributed by atoms with Gasteiger partial charge in [0, 0.05) is 18.0 Å². The lowest BCUT2D eigenvalue weighted by atomic mass is 10.2. The molecule has 0 radical (unpaired) electrons. The Hall–Kier alpha value is -3.29. The van der Waals surface area contributed by atoms with E-state index in [1.54, 1.807) is 18.3 Å². The third-order valence-electron chi connectivity index (χ3n) is 4.97. The molecule has 4 aromatic rings. The summed E-state index contributed by atoms with van der Waals surface area (Å²) >= 11 is 5.86. The zero-order valence-corrected chi connectivity index (χ0v) is 16.8. The summed E-state index contributed by atoms with van der Waals surface area (Å²) in [4.78, 5) is 8.63. The van der Waals surface area contributed by atoms with E-state index >= 15 is 0 Å². The number of nitrogens with one attached hydrogen (secondary N) is 1. The molecule has 30 heavy (non-hydrogen) atoms. The fourth-order valence-electron chi connectivity index (χ4n) is 3.34. The molecular weight excluding hydrogens is 402 g/mol. The van der Waals surface area contributed by atoms with E-state index in [1.807, 2.05) is 41.0 Å². The maximum Gasteiger partial charge on any atom is 0.219 e. The first kappa shape index (κ1) is 18.7. The number of benzene rings is 2. The summed E-state index contributed by atoms with van der Waals surface area (Å²) < 4.78 is 13.0. The SMILES string of the molecule is Nc1nc2ccc(NC3COC3)cc2n1Cc1ccc(Oc2ccc(Cl)cn2)cc1. The second kappa shape index (κ2) is 7.85. The minimum absolute atomic E-state index is 0.360. The van der Waals surface area contributed by atoms with Gasteiger partial charge in [0.15, 0.2) is 0 Å². The monoisotopic (exact) mass is 421 g/mol. The minimum Gasteiger partial charge on any atom is -0.439 e. The maximum absolute atomic E-state index is 6.20. The predicted molar refractivity (Wildman–Crippen MR) is 117 cm³/mol. The van der Waals surface area contributed by atoms with E-state index in [2.05, 4.69) is 21.4 Å². The number of nitrogen functional groups attached to an aromatic ring is 1. The summed E-state index contributed by atoms with van der Waals surface area (Å²) in [5.74, 6) is 1.68. The van der Waals surface area contributed by atoms with Gasteiger partial charge < -0.3 is 25.1 Å². The first-order valence-electron chi connectivity index (χ1n) is 9.62. The number of rotatable bonds is 6. The normalized spacial score (nSPS) is 13.9. The predicted octanol–water partition coefficient (Wildman–Crippen LogP) is 4.32. The third kappa shape index (κ3) is 3.90. The molecule has 0 amide bonds. The quantitative estimate of drug-likeness (QED) is 0.482. The highest BCUT2D eigenvalue weighted by Gasteiger charge is 2.18. The van der Waals surface area contributed by atoms with Gasteiger partial charge in [-0.05, 0) is 42.0 Å². The van der Waals surface area contributed by atoms with Crippen LogP contribution in [0.4, 0.5) is 11.6 Å². The van der Waals surface area contributed by atoms with Crippen LogP contribution in [-0.4, -0.2) is 33.8 Å². The second-order valence-electron chi connectivity index (χ2n) is 7.20. The largest absolute Gasteiger partial charge is 0.439 e. The van der Waals surface area contributed by atoms with Crippen molar-refractivity contribution in [3.63, 3.8) is 0 Å². The number of nitrogens with zero attached hydrogens (tertiary/aromatic N) is 3. The van der Waals surface area contributed by atoms with E-state index in [0.717, 1.165) is 35.5 Å². The number of imidazole rings is 1. The Kier molecular flexibility index (Phi) is 4.90. The smallest absolute Gasteiger partial charge is 0.219 e. The number of nitrogens with two attached hydrogens (primary N) is 1. The Morgan fingerprint density at radius 1 is 1.13 bits per heavy atom. The van der Waals surface area contributed by atoms with Crippen molar-refractivity contribution in [2.45, 2.75) is 12.6 Å². The van der Waals surface area contributed by atoms with Crippen LogP contribution < -0.4 is 15.8 Å². The van der Waals surface area contributed by atoms with Crippen molar-refractivity contribution >= 4 is 34.3 Å². The van der Waals surface area contributed by atoms with Gasteiger partial charge >= 0.3 is 0 Å². The molecule has 0 saturated carbocycles. The molecule has 5 rings (SSSR count). The zero-order chi connectivity index (χ0) is 20.5. The van der Waals surface area contributed by atoms with Crippen molar-refractivity contribution in [2.75, 3.05) is 24.3 Å². The van der Waals surface area contributed by atoms with Gasteiger partial charge in [-0.25, -0.2) is 9.97 Å². The van der Waals surface area contributed by atoms with Crippen LogP contribution in [0.1, 0.15) is 5.56 Å². The second-order valence-corrected chi connectivity index (χ2v) is 7.64. The summed E-state index contributed by atoms with van der Waals surface area (Å²) in [7, 11) is 0. The van der Waals surface area contributed by atoms with Gasteiger partial charge in [0.25, 0.3) is 0 Å². The van der Waals surface area contributed by atoms with Crippen LogP contribution in [0.25, 0.3) is 11.0 Å². The molecule has 1 saturated heterocycles. The van der Waals surface area contributed by atoms with Crippen molar-refractivity contribution in [1.29, 1.82) is 0 Å². The van der Waals surface area contributed by atoms with E-state index in [0.29, 0.717) is 35.2 Å². The van der Waals surface area contributed by atoms with Gasteiger partial charge in [-0.15, -0.1) is 0 Å². The molecule has 0 aliphatic carbocycles. The molecule has 0 bridgehead atoms. The van der Waals surface area contributed by atoms with E-state index in [-0.39, 0.29) is 0 Å². The molecule has 2 aromatic carbocycles. The van der Waals surface area contributed by atoms with Crippen molar-refractivity contribution in [1.82, 2.24) is 14.5 Å². The van der Waals surface area contributed by atoms with E-state index in [1.165, 1.54) is 0 Å². The van der Waals surface area contributed by atoms with Crippen LogP contribution in [0.5, 0.6) is 11.6 Å². The van der Waals surface area contributed by atoms with Gasteiger partial charge in [0.1, 0.15) is 5.75 Å². The topological polar surface area (TPSA) is 87.2 Å². The zero-order valence-electron chi connectivity index (χ0n) is 16.1. The molecule has 7 nitrogen and oxygen atoms in total. The fourth-order valence-corrected chi connectivity index (χ4v) is 3.45. The summed E-state index contributed by atoms with van der Waals surface area (Å²) in [6.07, 6.45) is 1.55. The Morgan fingerprint density at radius 2 is 1.97 bits per heavy atom. The first-order valence-corrected chi connectivity index (χ1v) is 10.0. The number of pyridine rings is 1. The van der Waals surface area contributed by atoms with Crippen LogP contribution >= 0.6 is 11.6 Å². The molecule has 3 N–H and O–H groups in total. The number of ether oxygens (including phenoxy) is 2. The average Bonchev–Trinajstić information content (AvgIpc) is 3.03. The molecule has 1 aliphatic rings. The van der Waals surface area contributed by atoms with Gasteiger partial charge in [-0.3, -0.25) is 0 Å². The summed E-state index contributed by atoms with van der Waals surface area (Å²) in [6.45, 7) is 2.08. The summed E-state index contributed by atoms with van der Waals surface area (Å²) in [5.41, 5.74) is 10.2. The lowest BCUT2D eigenvalue weighted by Crippen LogP contribution is -2.40. The Labute approximate surface area is 178 Å². The van der Waals surface area contributed by atoms with Gasteiger partial charge in [-0.2, -0.15) is 0 Å². The minimum atomic E-state index is 0.360. The Morgan fingerprint density at radius 3 is 2.67 bits per heavy atom. The number of hydrogen-bond acceptors (Lipinski definition) is 6. The number of aromatic nitrogens is 3. The highest BCUT2D eigenvalue weighted by atomic mass is 35.5. The molecule has 2 aromatic heterocycles. The van der Waals surface area contributed by atoms with Crippen molar-refractivity contribution in [3.8, 4) is 11.6 Å². The highest BCUT2D eigenvalue weighted by Crippen LogP contribution is 2.26. The first-order chi connectivity index (χ1) is 14.6. The van der Waals surface area contributed by atoms with Crippen LogP contribution in [0, 0.1) is 0 Å². The third-order valence-corrected chi connectivity index (χ3v) is 5.20. The van der Waals surface area contributed by atoms with Crippen molar-refractivity contribution in [3.05, 3.63) is 71.4 Å². The van der Waals surface area contributed by atoms with Crippen molar-refractivity contribution in [2.24, 2.45) is 0 Å². The van der Waals surface area contributed by atoms with Crippen LogP contribution in [-0.2, 0) is 11.3 Å². The van der Waals surface area contributed by atoms with Crippen molar-refractivity contribution < 1.29 is 9.47 Å². The molecule has 152 valence electrons. The molecule has 8 heteroatoms. The summed E-state index contributed by atoms with van der Waals surface area (Å²) in [5, 5.41) is 4.04. The molecule has 1 fully saturated rings. The van der Waals surface area contributed by atoms with Crippen LogP contribution in [0.2, 0.25) is 5.02 Å². The van der Waals surface area contributed by atoms with Gasteiger partial charge in [0.2, 0.25) is 11.8 Å². The molecule has 1 aliphatic heterocycles. The molecule has 0 unspecified atom stereocenters. The molecule has 0 atom stereocenters. The molecule has 0 spiro atoms. The van der Waals surface area contributed by atoms with E-state index in [9.17, 15) is 0 Å². The Bertz CT molecular complexity index is 1170. The van der Waals surface area contributed by atoms with Crippen LogP contribution in [0.3, 0.4) is 0 Å². The van der Waals surface area contributed by atoms with Gasteiger partial charge in [0.05, 0.1) is 41.9 Å². The lowest BCUT2D eigenvalue weighted by Gasteiger charge is -2.27. The maximum atomic E-state index is 6.20. The lowest BCUT2D eigenvalue weighted by molar-refractivity contribution is 0.0211. The molecular formula is C22H20ClN5O2. The van der Waals surface area contributed by atoms with E-state index in [4.69, 9.17) is 26.8 Å². The highest BCUT2D eigenvalue weighted by molar-refractivity contribution is 6.30. The Balaban J connectivity index is 1.34. The average molecular weight is 422 g/mol. The number of hydrogen-bond donors (Lipinski definition) is 2. The van der Waals surface area contributed by atoms with Crippen LogP contribution in [0.15, 0.2) is 60.8 Å². The van der Waals surface area contributed by atoms with Gasteiger partial charge in [-0.1, -0.05) is 23.7 Å². The molecule has 3 heterocycles. The summed E-state index contributed by atoms with van der Waals surface area (Å²) in [6, 6.07) is 17.7. The number of fused-ring (bicyclic) bond motifs is 1.